The number of nitro groups is 1. The first-order chi connectivity index (χ1) is 9.18. The minimum atomic E-state index is -4.79. The fraction of sp³-hybridized carbons (Fsp3) is 0.455. The predicted molar refractivity (Wildman–Crippen MR) is 61.2 cm³/mol. The van der Waals surface area contributed by atoms with Crippen molar-refractivity contribution in [3.05, 3.63) is 33.6 Å². The summed E-state index contributed by atoms with van der Waals surface area (Å²) in [6.45, 7) is 1.63. The molecule has 20 heavy (non-hydrogen) atoms. The topological polar surface area (TPSA) is 93.3 Å². The van der Waals surface area contributed by atoms with E-state index in [-0.39, 0.29) is 6.42 Å². The number of hydrogen-bond acceptors (Lipinski definition) is 4. The molecule has 1 aromatic heterocycles. The van der Waals surface area contributed by atoms with Gasteiger partial charge in [0.2, 0.25) is 0 Å². The molecule has 0 aliphatic carbocycles. The lowest BCUT2D eigenvalue weighted by atomic mass is 9.93. The SMILES string of the molecule is CCCC(C(=O)O)c1cc(C(F)(F)F)ncc1[N+](=O)[O-]. The van der Waals surface area contributed by atoms with Gasteiger partial charge in [-0.2, -0.15) is 13.2 Å². The lowest BCUT2D eigenvalue weighted by Crippen LogP contribution is -2.16. The van der Waals surface area contributed by atoms with E-state index in [4.69, 9.17) is 5.11 Å². The number of carbonyl (C=O) groups is 1. The zero-order chi connectivity index (χ0) is 15.5. The average molecular weight is 292 g/mol. The second-order valence-electron chi connectivity index (χ2n) is 4.06. The maximum atomic E-state index is 12.6. The van der Waals surface area contributed by atoms with Gasteiger partial charge in [0.15, 0.2) is 0 Å². The summed E-state index contributed by atoms with van der Waals surface area (Å²) in [4.78, 5) is 23.9. The first kappa shape index (κ1) is 15.9. The molecule has 0 aliphatic heterocycles. The number of carboxylic acid groups (broad SMARTS) is 1. The van der Waals surface area contributed by atoms with Gasteiger partial charge in [-0.05, 0) is 12.5 Å². The van der Waals surface area contributed by atoms with E-state index >= 15 is 0 Å². The lowest BCUT2D eigenvalue weighted by molar-refractivity contribution is -0.386. The monoisotopic (exact) mass is 292 g/mol. The van der Waals surface area contributed by atoms with Gasteiger partial charge < -0.3 is 5.11 Å². The number of aromatic nitrogens is 1. The van der Waals surface area contributed by atoms with Gasteiger partial charge in [0, 0.05) is 5.56 Å². The molecule has 9 heteroatoms. The Morgan fingerprint density at radius 1 is 1.55 bits per heavy atom. The number of aliphatic carboxylic acids is 1. The smallest absolute Gasteiger partial charge is 0.433 e. The van der Waals surface area contributed by atoms with Crippen LogP contribution >= 0.6 is 0 Å². The number of nitrogens with zero attached hydrogens (tertiary/aromatic N) is 2. The van der Waals surface area contributed by atoms with E-state index in [1.807, 2.05) is 0 Å². The third kappa shape index (κ3) is 3.43. The van der Waals surface area contributed by atoms with Crippen molar-refractivity contribution in [2.24, 2.45) is 0 Å². The second kappa shape index (κ2) is 5.85. The van der Waals surface area contributed by atoms with Crippen molar-refractivity contribution in [2.45, 2.75) is 31.9 Å². The molecule has 6 nitrogen and oxygen atoms in total. The maximum absolute atomic E-state index is 12.6. The molecule has 1 rings (SSSR count). The van der Waals surface area contributed by atoms with E-state index in [0.29, 0.717) is 18.7 Å². The zero-order valence-corrected chi connectivity index (χ0v) is 10.3. The highest BCUT2D eigenvalue weighted by Crippen LogP contribution is 2.35. The Bertz CT molecular complexity index is 531. The summed E-state index contributed by atoms with van der Waals surface area (Å²) in [5, 5.41) is 19.8. The summed E-state index contributed by atoms with van der Waals surface area (Å²) >= 11 is 0. The van der Waals surface area contributed by atoms with Crippen LogP contribution in [-0.4, -0.2) is 21.0 Å². The number of hydrogen-bond donors (Lipinski definition) is 1. The normalized spacial score (nSPS) is 13.0. The van der Waals surface area contributed by atoms with E-state index in [1.54, 1.807) is 6.92 Å². The molecule has 0 amide bonds. The molecule has 1 unspecified atom stereocenters. The summed E-state index contributed by atoms with van der Waals surface area (Å²) in [5.41, 5.74) is -2.55. The molecular formula is C11H11F3N2O4. The number of rotatable bonds is 5. The molecule has 0 fully saturated rings. The Balaban J connectivity index is 3.45. The molecule has 1 atom stereocenters. The number of alkyl halides is 3. The van der Waals surface area contributed by atoms with E-state index in [9.17, 15) is 28.1 Å². The summed E-state index contributed by atoms with van der Waals surface area (Å²) < 4.78 is 37.7. The highest BCUT2D eigenvalue weighted by atomic mass is 19.4. The van der Waals surface area contributed by atoms with Gasteiger partial charge in [0.25, 0.3) is 5.69 Å². The Kier molecular flexibility index (Phi) is 4.64. The quantitative estimate of drug-likeness (QED) is 0.665. The second-order valence-corrected chi connectivity index (χ2v) is 4.06. The van der Waals surface area contributed by atoms with Gasteiger partial charge in [-0.1, -0.05) is 13.3 Å². The molecule has 1 N–H and O–H groups in total. The Morgan fingerprint density at radius 3 is 2.55 bits per heavy atom. The molecular weight excluding hydrogens is 281 g/mol. The zero-order valence-electron chi connectivity index (χ0n) is 10.3. The van der Waals surface area contributed by atoms with Crippen LogP contribution in [0.5, 0.6) is 0 Å². The van der Waals surface area contributed by atoms with E-state index in [0.717, 1.165) is 0 Å². The van der Waals surface area contributed by atoms with Crippen molar-refractivity contribution in [1.29, 1.82) is 0 Å². The molecule has 0 saturated carbocycles. The van der Waals surface area contributed by atoms with Crippen molar-refractivity contribution in [3.8, 4) is 0 Å². The lowest BCUT2D eigenvalue weighted by Gasteiger charge is -2.14. The van der Waals surface area contributed by atoms with Crippen LogP contribution in [0, 0.1) is 10.1 Å². The largest absolute Gasteiger partial charge is 0.481 e. The average Bonchev–Trinajstić information content (AvgIpc) is 2.33. The maximum Gasteiger partial charge on any atom is 0.433 e. The number of halogens is 3. The van der Waals surface area contributed by atoms with Crippen LogP contribution in [0.25, 0.3) is 0 Å². The molecule has 0 aromatic carbocycles. The Hall–Kier alpha value is -2.19. The molecule has 110 valence electrons. The van der Waals surface area contributed by atoms with Crippen molar-refractivity contribution in [2.75, 3.05) is 0 Å². The van der Waals surface area contributed by atoms with Gasteiger partial charge in [-0.25, -0.2) is 4.98 Å². The van der Waals surface area contributed by atoms with Gasteiger partial charge >= 0.3 is 12.1 Å². The first-order valence-corrected chi connectivity index (χ1v) is 5.62. The van der Waals surface area contributed by atoms with Crippen LogP contribution in [0.1, 0.15) is 36.9 Å². The first-order valence-electron chi connectivity index (χ1n) is 5.62. The van der Waals surface area contributed by atoms with Gasteiger partial charge in [-0.3, -0.25) is 14.9 Å². The van der Waals surface area contributed by atoms with Gasteiger partial charge in [-0.15, -0.1) is 0 Å². The van der Waals surface area contributed by atoms with Crippen molar-refractivity contribution in [1.82, 2.24) is 4.98 Å². The summed E-state index contributed by atoms with van der Waals surface area (Å²) in [6.07, 6.45) is -3.99. The van der Waals surface area contributed by atoms with E-state index in [1.165, 1.54) is 0 Å². The van der Waals surface area contributed by atoms with Crippen LogP contribution in [0.15, 0.2) is 12.3 Å². The van der Waals surface area contributed by atoms with E-state index in [2.05, 4.69) is 4.98 Å². The van der Waals surface area contributed by atoms with Crippen molar-refractivity contribution in [3.63, 3.8) is 0 Å². The summed E-state index contributed by atoms with van der Waals surface area (Å²) in [7, 11) is 0. The fourth-order valence-corrected chi connectivity index (χ4v) is 1.75. The van der Waals surface area contributed by atoms with Crippen molar-refractivity contribution < 1.29 is 28.0 Å². The van der Waals surface area contributed by atoms with Crippen LogP contribution in [0.3, 0.4) is 0 Å². The molecule has 1 aromatic rings. The Morgan fingerprint density at radius 2 is 2.15 bits per heavy atom. The molecule has 0 saturated heterocycles. The molecule has 0 spiro atoms. The summed E-state index contributed by atoms with van der Waals surface area (Å²) in [5.74, 6) is -2.78. The van der Waals surface area contributed by atoms with E-state index < -0.39 is 39.9 Å². The minimum absolute atomic E-state index is 0.00250. The standard InChI is InChI=1S/C11H11F3N2O4/c1-2-3-6(10(17)18)7-4-9(11(12,13)14)15-5-8(7)16(19)20/h4-6H,2-3H2,1H3,(H,17,18). The van der Waals surface area contributed by atoms with Crippen LogP contribution < -0.4 is 0 Å². The third-order valence-corrected chi connectivity index (χ3v) is 2.65. The van der Waals surface area contributed by atoms with Crippen molar-refractivity contribution >= 4 is 11.7 Å². The highest BCUT2D eigenvalue weighted by Gasteiger charge is 2.36. The van der Waals surface area contributed by atoms with Gasteiger partial charge in [0.1, 0.15) is 11.9 Å². The van der Waals surface area contributed by atoms with Crippen LogP contribution in [0.2, 0.25) is 0 Å². The fourth-order valence-electron chi connectivity index (χ4n) is 1.75. The summed E-state index contributed by atoms with van der Waals surface area (Å²) in [6, 6.07) is 0.437. The molecule has 0 bridgehead atoms. The minimum Gasteiger partial charge on any atom is -0.481 e. The number of carboxylic acids is 1. The molecule has 1 heterocycles. The molecule has 0 aliphatic rings. The van der Waals surface area contributed by atoms with Gasteiger partial charge in [0.05, 0.1) is 10.8 Å². The van der Waals surface area contributed by atoms with Crippen LogP contribution in [0.4, 0.5) is 18.9 Å². The Labute approximate surface area is 111 Å². The third-order valence-electron chi connectivity index (χ3n) is 2.65. The highest BCUT2D eigenvalue weighted by molar-refractivity contribution is 5.77. The number of pyridine rings is 1. The van der Waals surface area contributed by atoms with Crippen LogP contribution in [-0.2, 0) is 11.0 Å². The predicted octanol–water partition coefficient (Wildman–Crippen LogP) is 2.98. The molecule has 0 radical (unpaired) electrons.